The second-order valence-corrected chi connectivity index (χ2v) is 8.66. The summed E-state index contributed by atoms with van der Waals surface area (Å²) in [7, 11) is 0. The van der Waals surface area contributed by atoms with E-state index in [1.54, 1.807) is 0 Å². The number of carbonyl (C=O) groups excluding carboxylic acids is 1. The van der Waals surface area contributed by atoms with Crippen LogP contribution in [0.15, 0.2) is 35.5 Å². The van der Waals surface area contributed by atoms with E-state index in [0.717, 1.165) is 25.7 Å². The van der Waals surface area contributed by atoms with Crippen LogP contribution in [0, 0.1) is 0 Å². The monoisotopic (exact) mass is 425 g/mol. The second-order valence-electron chi connectivity index (χ2n) is 7.08. The quantitative estimate of drug-likeness (QED) is 0.332. The van der Waals surface area contributed by atoms with E-state index in [9.17, 15) is 19.5 Å². The summed E-state index contributed by atoms with van der Waals surface area (Å²) in [5, 5.41) is 19.7. The fraction of sp³-hybridized carbons (Fsp3) is 0.591. The Labute approximate surface area is 178 Å². The Hall–Kier alpha value is -2.02. The van der Waals surface area contributed by atoms with Gasteiger partial charge in [-0.05, 0) is 53.4 Å². The lowest BCUT2D eigenvalue weighted by Gasteiger charge is -2.16. The Balaban J connectivity index is 4.45. The molecule has 0 aromatic carbocycles. The van der Waals surface area contributed by atoms with Crippen LogP contribution >= 0.6 is 11.8 Å². The molecule has 2 unspecified atom stereocenters. The molecule has 0 aromatic heterocycles. The minimum absolute atomic E-state index is 0.00760. The molecular formula is C22H35NO5S. The van der Waals surface area contributed by atoms with E-state index in [4.69, 9.17) is 5.11 Å². The molecule has 0 spiro atoms. The Kier molecular flexibility index (Phi) is 14.7. The van der Waals surface area contributed by atoms with Gasteiger partial charge in [-0.25, -0.2) is 0 Å². The molecule has 3 N–H and O–H groups in total. The number of carboxylic acids is 2. The van der Waals surface area contributed by atoms with Crippen LogP contribution in [0.4, 0.5) is 0 Å². The third kappa shape index (κ3) is 15.6. The summed E-state index contributed by atoms with van der Waals surface area (Å²) in [6, 6.07) is 0. The van der Waals surface area contributed by atoms with Gasteiger partial charge in [0.1, 0.15) is 5.25 Å². The standard InChI is InChI=1S/C22H35NO5S/c1-5-6-7-9-16(2)10-8-11-17(3)14-18(4)29-19(22(27)28)15-23-20(24)12-13-21(25)26/h5-6,10,14,18-19H,7-9,11-13,15H2,1-4H3,(H,23,24)(H,25,26)(H,27,28)/b6-5?,16-10+,17-14+. The predicted octanol–water partition coefficient (Wildman–Crippen LogP) is 4.57. The average molecular weight is 426 g/mol. The average Bonchev–Trinajstić information content (AvgIpc) is 2.63. The molecule has 0 radical (unpaired) electrons. The fourth-order valence-corrected chi connectivity index (χ4v) is 3.74. The topological polar surface area (TPSA) is 104 Å². The summed E-state index contributed by atoms with van der Waals surface area (Å²) >= 11 is 1.27. The number of allylic oxidation sites excluding steroid dienone is 5. The van der Waals surface area contributed by atoms with Crippen molar-refractivity contribution < 1.29 is 24.6 Å². The smallest absolute Gasteiger partial charge is 0.318 e. The van der Waals surface area contributed by atoms with E-state index in [1.165, 1.54) is 22.9 Å². The molecule has 1 amide bonds. The zero-order valence-electron chi connectivity index (χ0n) is 17.9. The molecule has 0 aliphatic carbocycles. The van der Waals surface area contributed by atoms with E-state index >= 15 is 0 Å². The molecule has 0 aromatic rings. The van der Waals surface area contributed by atoms with E-state index < -0.39 is 23.1 Å². The third-order valence-corrected chi connectivity index (χ3v) is 5.46. The first-order chi connectivity index (χ1) is 13.6. The first kappa shape index (κ1) is 27.0. The summed E-state index contributed by atoms with van der Waals surface area (Å²) in [5.74, 6) is -2.50. The van der Waals surface area contributed by atoms with Gasteiger partial charge in [0, 0.05) is 18.2 Å². The van der Waals surface area contributed by atoms with Gasteiger partial charge in [-0.15, -0.1) is 11.8 Å². The van der Waals surface area contributed by atoms with Crippen molar-refractivity contribution in [3.05, 3.63) is 35.5 Å². The minimum atomic E-state index is -1.05. The first-order valence-electron chi connectivity index (χ1n) is 9.96. The van der Waals surface area contributed by atoms with E-state index in [1.807, 2.05) is 20.8 Å². The first-order valence-corrected chi connectivity index (χ1v) is 10.9. The molecule has 6 nitrogen and oxygen atoms in total. The fourth-order valence-electron chi connectivity index (χ4n) is 2.62. The molecule has 0 saturated carbocycles. The second kappa shape index (κ2) is 15.9. The van der Waals surface area contributed by atoms with Crippen LogP contribution in [0.5, 0.6) is 0 Å². The van der Waals surface area contributed by atoms with E-state index in [2.05, 4.69) is 36.5 Å². The summed E-state index contributed by atoms with van der Waals surface area (Å²) in [4.78, 5) is 33.5. The van der Waals surface area contributed by atoms with Crippen molar-refractivity contribution in [1.29, 1.82) is 0 Å². The van der Waals surface area contributed by atoms with Gasteiger partial charge in [-0.2, -0.15) is 0 Å². The summed E-state index contributed by atoms with van der Waals surface area (Å²) in [6.45, 7) is 8.12. The maximum atomic E-state index is 11.6. The predicted molar refractivity (Wildman–Crippen MR) is 119 cm³/mol. The van der Waals surface area contributed by atoms with Crippen LogP contribution in [-0.4, -0.2) is 45.1 Å². The Morgan fingerprint density at radius 3 is 2.24 bits per heavy atom. The lowest BCUT2D eigenvalue weighted by Crippen LogP contribution is -2.35. The highest BCUT2D eigenvalue weighted by Crippen LogP contribution is 2.21. The molecule has 29 heavy (non-hydrogen) atoms. The normalized spacial score (nSPS) is 14.6. The van der Waals surface area contributed by atoms with Crippen LogP contribution in [0.3, 0.4) is 0 Å². The number of carboxylic acid groups (broad SMARTS) is 2. The van der Waals surface area contributed by atoms with Crippen molar-refractivity contribution in [2.45, 2.75) is 76.7 Å². The van der Waals surface area contributed by atoms with Gasteiger partial charge >= 0.3 is 11.9 Å². The minimum Gasteiger partial charge on any atom is -0.481 e. The Morgan fingerprint density at radius 2 is 1.66 bits per heavy atom. The molecule has 0 heterocycles. The van der Waals surface area contributed by atoms with Crippen LogP contribution < -0.4 is 5.32 Å². The van der Waals surface area contributed by atoms with Gasteiger partial charge in [0.05, 0.1) is 6.42 Å². The number of rotatable bonds is 15. The van der Waals surface area contributed by atoms with Gasteiger partial charge in [-0.3, -0.25) is 14.4 Å². The summed E-state index contributed by atoms with van der Waals surface area (Å²) in [5.41, 5.74) is 2.58. The molecule has 0 rings (SSSR count). The zero-order chi connectivity index (χ0) is 22.2. The molecule has 7 heteroatoms. The molecular weight excluding hydrogens is 390 g/mol. The van der Waals surface area contributed by atoms with Crippen molar-refractivity contribution in [2.75, 3.05) is 6.54 Å². The number of thioether (sulfide) groups is 1. The molecule has 0 aliphatic rings. The van der Waals surface area contributed by atoms with Crippen molar-refractivity contribution >= 4 is 29.6 Å². The SMILES string of the molecule is CC=CCC/C(C)=C/CC/C(C)=C/C(C)SC(CNC(=O)CCC(=O)O)C(=O)O. The highest BCUT2D eigenvalue weighted by Gasteiger charge is 2.21. The van der Waals surface area contributed by atoms with Crippen molar-refractivity contribution in [3.63, 3.8) is 0 Å². The van der Waals surface area contributed by atoms with Gasteiger partial charge in [-0.1, -0.05) is 35.5 Å². The maximum Gasteiger partial charge on any atom is 0.318 e. The van der Waals surface area contributed by atoms with Gasteiger partial charge in [0.25, 0.3) is 0 Å². The third-order valence-electron chi connectivity index (χ3n) is 4.20. The molecule has 0 saturated heterocycles. The Morgan fingerprint density at radius 1 is 1.00 bits per heavy atom. The van der Waals surface area contributed by atoms with Crippen molar-refractivity contribution in [3.8, 4) is 0 Å². The van der Waals surface area contributed by atoms with Crippen LogP contribution in [0.1, 0.15) is 66.2 Å². The molecule has 164 valence electrons. The Bertz CT molecular complexity index is 625. The number of hydrogen-bond acceptors (Lipinski definition) is 4. The van der Waals surface area contributed by atoms with Crippen LogP contribution in [0.25, 0.3) is 0 Å². The van der Waals surface area contributed by atoms with E-state index in [0.29, 0.717) is 0 Å². The van der Waals surface area contributed by atoms with Gasteiger partial charge in [0.15, 0.2) is 0 Å². The number of nitrogens with one attached hydrogen (secondary N) is 1. The molecule has 0 fully saturated rings. The maximum absolute atomic E-state index is 11.6. The summed E-state index contributed by atoms with van der Waals surface area (Å²) in [6.07, 6.45) is 12.1. The zero-order valence-corrected chi connectivity index (χ0v) is 18.8. The number of hydrogen-bond donors (Lipinski definition) is 3. The number of aliphatic carboxylic acids is 2. The van der Waals surface area contributed by atoms with Crippen molar-refractivity contribution in [1.82, 2.24) is 5.32 Å². The lowest BCUT2D eigenvalue weighted by atomic mass is 10.1. The van der Waals surface area contributed by atoms with Crippen LogP contribution in [-0.2, 0) is 14.4 Å². The molecule has 2 atom stereocenters. The van der Waals surface area contributed by atoms with Gasteiger partial charge in [0.2, 0.25) is 5.91 Å². The van der Waals surface area contributed by atoms with Crippen molar-refractivity contribution in [2.24, 2.45) is 0 Å². The molecule has 0 bridgehead atoms. The number of carbonyl (C=O) groups is 3. The van der Waals surface area contributed by atoms with Gasteiger partial charge < -0.3 is 15.5 Å². The lowest BCUT2D eigenvalue weighted by molar-refractivity contribution is -0.139. The van der Waals surface area contributed by atoms with E-state index in [-0.39, 0.29) is 24.6 Å². The largest absolute Gasteiger partial charge is 0.481 e. The highest BCUT2D eigenvalue weighted by atomic mass is 32.2. The summed E-state index contributed by atoms with van der Waals surface area (Å²) < 4.78 is 0. The number of amides is 1. The van der Waals surface area contributed by atoms with Crippen LogP contribution in [0.2, 0.25) is 0 Å². The highest BCUT2D eigenvalue weighted by molar-refractivity contribution is 8.01. The molecule has 0 aliphatic heterocycles.